The van der Waals surface area contributed by atoms with Crippen molar-refractivity contribution in [2.45, 2.75) is 45.9 Å². The van der Waals surface area contributed by atoms with Crippen molar-refractivity contribution in [2.24, 2.45) is 4.99 Å². The minimum Gasteiger partial charge on any atom is -0.491 e. The van der Waals surface area contributed by atoms with E-state index < -0.39 is 0 Å². The van der Waals surface area contributed by atoms with Crippen molar-refractivity contribution in [3.63, 3.8) is 0 Å². The summed E-state index contributed by atoms with van der Waals surface area (Å²) in [5.74, 6) is 2.66. The third-order valence-electron chi connectivity index (χ3n) is 4.32. The fourth-order valence-corrected chi connectivity index (χ4v) is 2.87. The highest BCUT2D eigenvalue weighted by atomic mass is 127. The van der Waals surface area contributed by atoms with Gasteiger partial charge >= 0.3 is 0 Å². The molecular weight excluding hydrogens is 473 g/mol. The molecule has 0 aliphatic carbocycles. The molecule has 1 saturated heterocycles. The average Bonchev–Trinajstić information content (AvgIpc) is 3.33. The second-order valence-corrected chi connectivity index (χ2v) is 6.57. The second-order valence-electron chi connectivity index (χ2n) is 6.57. The highest BCUT2D eigenvalue weighted by Crippen LogP contribution is 2.22. The lowest BCUT2D eigenvalue weighted by Crippen LogP contribution is -2.36. The molecule has 2 heterocycles. The highest BCUT2D eigenvalue weighted by Gasteiger charge is 2.17. The van der Waals surface area contributed by atoms with E-state index in [1.54, 1.807) is 14.0 Å². The number of hydrogen-bond donors (Lipinski definition) is 2. The van der Waals surface area contributed by atoms with E-state index in [-0.39, 0.29) is 30.1 Å². The van der Waals surface area contributed by atoms with Crippen molar-refractivity contribution in [3.05, 3.63) is 41.0 Å². The van der Waals surface area contributed by atoms with E-state index in [1.807, 2.05) is 0 Å². The van der Waals surface area contributed by atoms with Gasteiger partial charge in [-0.2, -0.15) is 4.98 Å². The Morgan fingerprint density at radius 2 is 2.11 bits per heavy atom. The van der Waals surface area contributed by atoms with Crippen LogP contribution in [-0.4, -0.2) is 42.5 Å². The van der Waals surface area contributed by atoms with Gasteiger partial charge in [0.25, 0.3) is 0 Å². The summed E-state index contributed by atoms with van der Waals surface area (Å²) in [6.45, 7) is 6.26. The Balaban J connectivity index is 0.00000280. The molecule has 1 aromatic carbocycles. The quantitative estimate of drug-likeness (QED) is 0.343. The Hall–Kier alpha value is -1.88. The molecule has 1 aromatic heterocycles. The van der Waals surface area contributed by atoms with E-state index >= 15 is 0 Å². The molecule has 8 nitrogen and oxygen atoms in total. The van der Waals surface area contributed by atoms with E-state index in [4.69, 9.17) is 14.0 Å². The van der Waals surface area contributed by atoms with Crippen LogP contribution in [-0.2, 0) is 17.8 Å². The van der Waals surface area contributed by atoms with E-state index in [9.17, 15) is 0 Å². The van der Waals surface area contributed by atoms with Gasteiger partial charge in [0.2, 0.25) is 5.89 Å². The Morgan fingerprint density at radius 1 is 1.29 bits per heavy atom. The Morgan fingerprint density at radius 3 is 2.79 bits per heavy atom. The highest BCUT2D eigenvalue weighted by molar-refractivity contribution is 14.0. The molecule has 1 aliphatic heterocycles. The normalized spacial score (nSPS) is 16.5. The number of guanidine groups is 1. The molecule has 0 spiro atoms. The van der Waals surface area contributed by atoms with Gasteiger partial charge in [-0.25, -0.2) is 0 Å². The van der Waals surface area contributed by atoms with Crippen LogP contribution < -0.4 is 15.4 Å². The minimum absolute atomic E-state index is 0. The standard InChI is InChI=1S/C19H27N5O3.HI/c1-13-6-7-15(17(9-13)26-12-16-5-4-8-25-16)10-21-19(20-3)22-11-18-23-14(2)24-27-18;/h6-7,9,16H,4-5,8,10-12H2,1-3H3,(H2,20,21,22);1H. The second kappa shape index (κ2) is 11.2. The first-order valence-corrected chi connectivity index (χ1v) is 9.21. The third-order valence-corrected chi connectivity index (χ3v) is 4.32. The van der Waals surface area contributed by atoms with Crippen molar-refractivity contribution < 1.29 is 14.0 Å². The van der Waals surface area contributed by atoms with Crippen LogP contribution in [0.3, 0.4) is 0 Å². The maximum Gasteiger partial charge on any atom is 0.246 e. The van der Waals surface area contributed by atoms with Gasteiger partial charge in [-0.05, 0) is 38.3 Å². The van der Waals surface area contributed by atoms with Gasteiger partial charge in [-0.3, -0.25) is 4.99 Å². The molecule has 1 unspecified atom stereocenters. The van der Waals surface area contributed by atoms with E-state index in [2.05, 4.69) is 50.9 Å². The predicted molar refractivity (Wildman–Crippen MR) is 117 cm³/mol. The molecular formula is C19H28IN5O3. The van der Waals surface area contributed by atoms with Crippen molar-refractivity contribution in [3.8, 4) is 5.75 Å². The molecule has 9 heteroatoms. The van der Waals surface area contributed by atoms with Crippen LogP contribution in [0.15, 0.2) is 27.7 Å². The lowest BCUT2D eigenvalue weighted by Gasteiger charge is -2.17. The minimum atomic E-state index is 0. The van der Waals surface area contributed by atoms with Crippen molar-refractivity contribution in [2.75, 3.05) is 20.3 Å². The van der Waals surface area contributed by atoms with Gasteiger partial charge in [0.05, 0.1) is 12.6 Å². The van der Waals surface area contributed by atoms with E-state index in [0.29, 0.717) is 37.4 Å². The molecule has 0 amide bonds. The van der Waals surface area contributed by atoms with Crippen LogP contribution in [0.5, 0.6) is 5.75 Å². The summed E-state index contributed by atoms with van der Waals surface area (Å²) >= 11 is 0. The maximum absolute atomic E-state index is 6.04. The monoisotopic (exact) mass is 501 g/mol. The van der Waals surface area contributed by atoms with Gasteiger partial charge in [0, 0.05) is 25.8 Å². The average molecular weight is 501 g/mol. The molecule has 3 rings (SSSR count). The Kier molecular flexibility index (Phi) is 8.97. The predicted octanol–water partition coefficient (Wildman–Crippen LogP) is 2.73. The van der Waals surface area contributed by atoms with Crippen molar-refractivity contribution in [1.82, 2.24) is 20.8 Å². The van der Waals surface area contributed by atoms with Gasteiger partial charge < -0.3 is 24.6 Å². The number of aliphatic imine (C=N–C) groups is 1. The molecule has 154 valence electrons. The topological polar surface area (TPSA) is 93.8 Å². The van der Waals surface area contributed by atoms with Gasteiger partial charge in [0.15, 0.2) is 11.8 Å². The molecule has 1 fully saturated rings. The first kappa shape index (κ1) is 22.4. The zero-order chi connectivity index (χ0) is 19.1. The van der Waals surface area contributed by atoms with E-state index in [1.165, 1.54) is 0 Å². The zero-order valence-corrected chi connectivity index (χ0v) is 18.9. The zero-order valence-electron chi connectivity index (χ0n) is 16.5. The van der Waals surface area contributed by atoms with E-state index in [0.717, 1.165) is 36.3 Å². The number of ether oxygens (including phenoxy) is 2. The van der Waals surface area contributed by atoms with Crippen LogP contribution in [0.4, 0.5) is 0 Å². The molecule has 0 bridgehead atoms. The smallest absolute Gasteiger partial charge is 0.246 e. The first-order chi connectivity index (χ1) is 13.1. The van der Waals surface area contributed by atoms with Crippen LogP contribution in [0.1, 0.15) is 35.7 Å². The summed E-state index contributed by atoms with van der Waals surface area (Å²) in [6.07, 6.45) is 2.36. The number of hydrogen-bond acceptors (Lipinski definition) is 6. The van der Waals surface area contributed by atoms with Gasteiger partial charge in [-0.15, -0.1) is 24.0 Å². The fourth-order valence-electron chi connectivity index (χ4n) is 2.87. The van der Waals surface area contributed by atoms with Crippen molar-refractivity contribution >= 4 is 29.9 Å². The van der Waals surface area contributed by atoms with Crippen LogP contribution in [0.2, 0.25) is 0 Å². The Bertz CT molecular complexity index is 775. The summed E-state index contributed by atoms with van der Waals surface area (Å²) in [5, 5.41) is 10.2. The molecule has 0 saturated carbocycles. The lowest BCUT2D eigenvalue weighted by molar-refractivity contribution is 0.0676. The van der Waals surface area contributed by atoms with Crippen LogP contribution in [0, 0.1) is 13.8 Å². The van der Waals surface area contributed by atoms with Gasteiger partial charge in [0.1, 0.15) is 12.4 Å². The number of benzene rings is 1. The van der Waals surface area contributed by atoms with Crippen molar-refractivity contribution in [1.29, 1.82) is 0 Å². The molecule has 2 N–H and O–H groups in total. The molecule has 28 heavy (non-hydrogen) atoms. The largest absolute Gasteiger partial charge is 0.491 e. The summed E-state index contributed by atoms with van der Waals surface area (Å²) in [7, 11) is 1.72. The summed E-state index contributed by atoms with van der Waals surface area (Å²) < 4.78 is 16.8. The number of rotatable bonds is 7. The third kappa shape index (κ3) is 6.62. The molecule has 2 aromatic rings. The lowest BCUT2D eigenvalue weighted by atomic mass is 10.1. The summed E-state index contributed by atoms with van der Waals surface area (Å²) in [5.41, 5.74) is 2.23. The summed E-state index contributed by atoms with van der Waals surface area (Å²) in [4.78, 5) is 8.39. The molecule has 0 radical (unpaired) electrons. The molecule has 1 atom stereocenters. The number of halogens is 1. The molecule has 1 aliphatic rings. The number of aryl methyl sites for hydroxylation is 2. The van der Waals surface area contributed by atoms with Gasteiger partial charge in [-0.1, -0.05) is 17.3 Å². The number of nitrogens with one attached hydrogen (secondary N) is 2. The first-order valence-electron chi connectivity index (χ1n) is 9.21. The number of aromatic nitrogens is 2. The summed E-state index contributed by atoms with van der Waals surface area (Å²) in [6, 6.07) is 6.21. The SMILES string of the molecule is CN=C(NCc1nc(C)no1)NCc1ccc(C)cc1OCC1CCCO1.I. The Labute approximate surface area is 182 Å². The fraction of sp³-hybridized carbons (Fsp3) is 0.526. The maximum atomic E-state index is 6.04. The number of nitrogens with zero attached hydrogens (tertiary/aromatic N) is 3. The van der Waals surface area contributed by atoms with Crippen LogP contribution in [0.25, 0.3) is 0 Å². The van der Waals surface area contributed by atoms with Crippen LogP contribution >= 0.6 is 24.0 Å².